The van der Waals surface area contributed by atoms with Crippen molar-refractivity contribution in [3.8, 4) is 0 Å². The maximum Gasteiger partial charge on any atom is 0.0807 e. The van der Waals surface area contributed by atoms with Crippen molar-refractivity contribution in [2.75, 3.05) is 0 Å². The first kappa shape index (κ1) is 13.6. The minimum absolute atomic E-state index is 0.522. The quantitative estimate of drug-likeness (QED) is 0.858. The van der Waals surface area contributed by atoms with Gasteiger partial charge in [-0.05, 0) is 36.1 Å². The summed E-state index contributed by atoms with van der Waals surface area (Å²) in [6.07, 6.45) is 0.991. The largest absolute Gasteiger partial charge is 0.388 e. The van der Waals surface area contributed by atoms with Gasteiger partial charge in [-0.1, -0.05) is 63.9 Å². The van der Waals surface area contributed by atoms with E-state index in [1.165, 1.54) is 5.56 Å². The van der Waals surface area contributed by atoms with Crippen molar-refractivity contribution in [3.05, 3.63) is 69.2 Å². The molecule has 1 nitrogen and oxygen atoms in total. The molecule has 3 heteroatoms. The number of benzene rings is 2. The minimum atomic E-state index is -0.522. The molecule has 0 heterocycles. The van der Waals surface area contributed by atoms with Gasteiger partial charge < -0.3 is 5.11 Å². The Kier molecular flexibility index (Phi) is 4.81. The summed E-state index contributed by atoms with van der Waals surface area (Å²) >= 11 is 9.47. The Morgan fingerprint density at radius 3 is 2.50 bits per heavy atom. The van der Waals surface area contributed by atoms with Gasteiger partial charge in [-0.3, -0.25) is 0 Å². The van der Waals surface area contributed by atoms with Crippen LogP contribution in [0.25, 0.3) is 0 Å². The van der Waals surface area contributed by atoms with Crippen LogP contribution in [0, 0.1) is 0 Å². The van der Waals surface area contributed by atoms with Gasteiger partial charge in [0, 0.05) is 9.50 Å². The Labute approximate surface area is 121 Å². The molecule has 1 unspecified atom stereocenters. The molecule has 0 aliphatic rings. The highest BCUT2D eigenvalue weighted by atomic mass is 79.9. The first-order valence-corrected chi connectivity index (χ1v) is 7.01. The zero-order chi connectivity index (χ0) is 13.0. The highest BCUT2D eigenvalue weighted by molar-refractivity contribution is 9.10. The Balaban J connectivity index is 2.01. The molecule has 0 aliphatic carbocycles. The molecule has 0 radical (unpaired) electrons. The third kappa shape index (κ3) is 3.58. The lowest BCUT2D eigenvalue weighted by molar-refractivity contribution is 0.168. The van der Waals surface area contributed by atoms with Crippen LogP contribution in [0.3, 0.4) is 0 Å². The van der Waals surface area contributed by atoms with Crippen molar-refractivity contribution in [1.82, 2.24) is 0 Å². The van der Waals surface area contributed by atoms with Crippen LogP contribution in [0.15, 0.2) is 53.0 Å². The van der Waals surface area contributed by atoms with Gasteiger partial charge in [0.1, 0.15) is 0 Å². The SMILES string of the molecule is OC(CCc1ccccc1)c1ccc(Br)cc1Cl. The maximum absolute atomic E-state index is 10.2. The predicted octanol–water partition coefficient (Wildman–Crippen LogP) is 4.77. The molecule has 0 spiro atoms. The maximum atomic E-state index is 10.2. The average molecular weight is 326 g/mol. The van der Waals surface area contributed by atoms with Crippen LogP contribution in [-0.4, -0.2) is 5.11 Å². The number of hydrogen-bond acceptors (Lipinski definition) is 1. The fraction of sp³-hybridized carbons (Fsp3) is 0.200. The summed E-state index contributed by atoms with van der Waals surface area (Å²) in [5, 5.41) is 10.8. The van der Waals surface area contributed by atoms with Crippen LogP contribution in [0.2, 0.25) is 5.02 Å². The van der Waals surface area contributed by atoms with E-state index in [1.807, 2.05) is 36.4 Å². The topological polar surface area (TPSA) is 20.2 Å². The Morgan fingerprint density at radius 2 is 1.83 bits per heavy atom. The lowest BCUT2D eigenvalue weighted by Gasteiger charge is -2.13. The molecule has 0 aromatic heterocycles. The van der Waals surface area contributed by atoms with Crippen molar-refractivity contribution < 1.29 is 5.11 Å². The molecule has 0 amide bonds. The molecule has 1 N–H and O–H groups in total. The van der Waals surface area contributed by atoms with E-state index in [-0.39, 0.29) is 0 Å². The van der Waals surface area contributed by atoms with Gasteiger partial charge in [-0.15, -0.1) is 0 Å². The zero-order valence-electron chi connectivity index (χ0n) is 9.81. The number of aliphatic hydroxyl groups excluding tert-OH is 1. The van der Waals surface area contributed by atoms with E-state index in [9.17, 15) is 5.11 Å². The molecular weight excluding hydrogens is 312 g/mol. The van der Waals surface area contributed by atoms with Crippen LogP contribution in [0.1, 0.15) is 23.7 Å². The van der Waals surface area contributed by atoms with Crippen LogP contribution in [0.4, 0.5) is 0 Å². The first-order chi connectivity index (χ1) is 8.66. The van der Waals surface area contributed by atoms with E-state index in [1.54, 1.807) is 0 Å². The monoisotopic (exact) mass is 324 g/mol. The summed E-state index contributed by atoms with van der Waals surface area (Å²) in [4.78, 5) is 0. The smallest absolute Gasteiger partial charge is 0.0807 e. The number of hydrogen-bond donors (Lipinski definition) is 1. The van der Waals surface area contributed by atoms with Crippen molar-refractivity contribution in [2.24, 2.45) is 0 Å². The van der Waals surface area contributed by atoms with E-state index < -0.39 is 6.10 Å². The number of aliphatic hydroxyl groups is 1. The summed E-state index contributed by atoms with van der Waals surface area (Å²) < 4.78 is 0.923. The Bertz CT molecular complexity index is 513. The van der Waals surface area contributed by atoms with E-state index >= 15 is 0 Å². The summed E-state index contributed by atoms with van der Waals surface area (Å²) in [5.41, 5.74) is 2.01. The third-order valence-electron chi connectivity index (χ3n) is 2.87. The lowest BCUT2D eigenvalue weighted by atomic mass is 10.0. The highest BCUT2D eigenvalue weighted by Gasteiger charge is 2.11. The van der Waals surface area contributed by atoms with E-state index in [2.05, 4.69) is 28.1 Å². The minimum Gasteiger partial charge on any atom is -0.388 e. The first-order valence-electron chi connectivity index (χ1n) is 5.84. The summed E-state index contributed by atoms with van der Waals surface area (Å²) in [7, 11) is 0. The molecule has 0 saturated carbocycles. The van der Waals surface area contributed by atoms with Crippen LogP contribution < -0.4 is 0 Å². The molecule has 2 aromatic carbocycles. The molecule has 18 heavy (non-hydrogen) atoms. The number of aryl methyl sites for hydroxylation is 1. The third-order valence-corrected chi connectivity index (χ3v) is 3.69. The van der Waals surface area contributed by atoms with Crippen molar-refractivity contribution in [3.63, 3.8) is 0 Å². The predicted molar refractivity (Wildman–Crippen MR) is 78.9 cm³/mol. The summed E-state index contributed by atoms with van der Waals surface area (Å²) in [5.74, 6) is 0. The fourth-order valence-corrected chi connectivity index (χ4v) is 2.67. The average Bonchev–Trinajstić information content (AvgIpc) is 2.37. The molecule has 94 valence electrons. The van der Waals surface area contributed by atoms with Gasteiger partial charge in [-0.25, -0.2) is 0 Å². The van der Waals surface area contributed by atoms with Crippen LogP contribution in [-0.2, 0) is 6.42 Å². The van der Waals surface area contributed by atoms with Gasteiger partial charge in [0.2, 0.25) is 0 Å². The lowest BCUT2D eigenvalue weighted by Crippen LogP contribution is -2.00. The molecule has 0 aliphatic heterocycles. The standard InChI is InChI=1S/C15H14BrClO/c16-12-7-8-13(14(17)10-12)15(18)9-6-11-4-2-1-3-5-11/h1-5,7-8,10,15,18H,6,9H2. The van der Waals surface area contributed by atoms with Gasteiger partial charge in [0.15, 0.2) is 0 Å². The second kappa shape index (κ2) is 6.37. The van der Waals surface area contributed by atoms with Crippen molar-refractivity contribution in [2.45, 2.75) is 18.9 Å². The van der Waals surface area contributed by atoms with Crippen LogP contribution in [0.5, 0.6) is 0 Å². The zero-order valence-corrected chi connectivity index (χ0v) is 12.2. The van der Waals surface area contributed by atoms with E-state index in [0.29, 0.717) is 11.4 Å². The van der Waals surface area contributed by atoms with Gasteiger partial charge in [-0.2, -0.15) is 0 Å². The molecular formula is C15H14BrClO. The number of halogens is 2. The second-order valence-electron chi connectivity index (χ2n) is 4.21. The van der Waals surface area contributed by atoms with E-state index in [0.717, 1.165) is 16.5 Å². The summed E-state index contributed by atoms with van der Waals surface area (Å²) in [6, 6.07) is 15.7. The van der Waals surface area contributed by atoms with Crippen LogP contribution >= 0.6 is 27.5 Å². The second-order valence-corrected chi connectivity index (χ2v) is 5.53. The van der Waals surface area contributed by atoms with Gasteiger partial charge >= 0.3 is 0 Å². The van der Waals surface area contributed by atoms with Gasteiger partial charge in [0.25, 0.3) is 0 Å². The molecule has 0 saturated heterocycles. The van der Waals surface area contributed by atoms with Crippen molar-refractivity contribution in [1.29, 1.82) is 0 Å². The fourth-order valence-electron chi connectivity index (χ4n) is 1.88. The molecule has 0 fully saturated rings. The molecule has 1 atom stereocenters. The number of rotatable bonds is 4. The molecule has 2 rings (SSSR count). The van der Waals surface area contributed by atoms with E-state index in [4.69, 9.17) is 11.6 Å². The molecule has 2 aromatic rings. The van der Waals surface area contributed by atoms with Gasteiger partial charge in [0.05, 0.1) is 6.10 Å². The Morgan fingerprint density at radius 1 is 1.11 bits per heavy atom. The normalized spacial score (nSPS) is 12.4. The Hall–Kier alpha value is -0.830. The molecule has 0 bridgehead atoms. The highest BCUT2D eigenvalue weighted by Crippen LogP contribution is 2.28. The summed E-state index contributed by atoms with van der Waals surface area (Å²) in [6.45, 7) is 0. The van der Waals surface area contributed by atoms with Crippen molar-refractivity contribution >= 4 is 27.5 Å².